The van der Waals surface area contributed by atoms with Crippen molar-refractivity contribution in [1.82, 2.24) is 19.7 Å². The summed E-state index contributed by atoms with van der Waals surface area (Å²) in [5.41, 5.74) is 0. The first-order valence-corrected chi connectivity index (χ1v) is 11.1. The van der Waals surface area contributed by atoms with E-state index in [1.807, 2.05) is 36.9 Å². The zero-order chi connectivity index (χ0) is 21.3. The highest BCUT2D eigenvalue weighted by Crippen LogP contribution is 2.13. The lowest BCUT2D eigenvalue weighted by molar-refractivity contribution is -0.131. The van der Waals surface area contributed by atoms with Crippen molar-refractivity contribution in [2.45, 2.75) is 26.7 Å². The van der Waals surface area contributed by atoms with Crippen molar-refractivity contribution >= 4 is 17.8 Å². The molecule has 0 saturated carbocycles. The number of ether oxygens (including phenoxy) is 1. The highest BCUT2D eigenvalue weighted by Gasteiger charge is 2.24. The van der Waals surface area contributed by atoms with Crippen LogP contribution in [-0.4, -0.2) is 97.2 Å². The number of carbonyl (C=O) groups is 2. The van der Waals surface area contributed by atoms with Gasteiger partial charge >= 0.3 is 6.09 Å². The standard InChI is InChI=1S/C22H35N5O3/c1-19(2)18-30-22(29)27-10-5-9-24(12-13-27)11-7-21(28)26-16-14-25(15-17-26)20-6-3-4-8-23-20/h3-4,6,8,19H,5,7,9-18H2,1-2H3. The van der Waals surface area contributed by atoms with Crippen LogP contribution in [0.2, 0.25) is 0 Å². The Bertz CT molecular complexity index is 677. The maximum atomic E-state index is 12.7. The van der Waals surface area contributed by atoms with E-state index < -0.39 is 0 Å². The van der Waals surface area contributed by atoms with E-state index in [-0.39, 0.29) is 12.0 Å². The first-order chi connectivity index (χ1) is 14.5. The summed E-state index contributed by atoms with van der Waals surface area (Å²) in [5.74, 6) is 1.54. The molecule has 0 spiro atoms. The molecule has 2 aliphatic heterocycles. The molecule has 8 heteroatoms. The van der Waals surface area contributed by atoms with Gasteiger partial charge in [0, 0.05) is 65.0 Å². The average molecular weight is 418 g/mol. The Morgan fingerprint density at radius 1 is 1.00 bits per heavy atom. The Morgan fingerprint density at radius 3 is 2.47 bits per heavy atom. The van der Waals surface area contributed by atoms with Gasteiger partial charge < -0.3 is 24.3 Å². The number of hydrogen-bond acceptors (Lipinski definition) is 6. The molecule has 2 fully saturated rings. The van der Waals surface area contributed by atoms with Crippen LogP contribution >= 0.6 is 0 Å². The Balaban J connectivity index is 1.36. The Kier molecular flexibility index (Phi) is 8.30. The second-order valence-corrected chi connectivity index (χ2v) is 8.46. The van der Waals surface area contributed by atoms with Gasteiger partial charge in [-0.15, -0.1) is 0 Å². The van der Waals surface area contributed by atoms with Crippen LogP contribution in [0.25, 0.3) is 0 Å². The minimum absolute atomic E-state index is 0.215. The molecular formula is C22H35N5O3. The zero-order valence-corrected chi connectivity index (χ0v) is 18.3. The fraction of sp³-hybridized carbons (Fsp3) is 0.682. The molecule has 0 bridgehead atoms. The summed E-state index contributed by atoms with van der Waals surface area (Å²) in [7, 11) is 0. The first-order valence-electron chi connectivity index (χ1n) is 11.1. The minimum atomic E-state index is -0.215. The van der Waals surface area contributed by atoms with Gasteiger partial charge in [-0.2, -0.15) is 0 Å². The highest BCUT2D eigenvalue weighted by atomic mass is 16.6. The summed E-state index contributed by atoms with van der Waals surface area (Å²) < 4.78 is 5.35. The number of nitrogens with zero attached hydrogens (tertiary/aromatic N) is 5. The van der Waals surface area contributed by atoms with Crippen molar-refractivity contribution < 1.29 is 14.3 Å². The van der Waals surface area contributed by atoms with E-state index in [4.69, 9.17) is 4.74 Å². The molecule has 3 heterocycles. The summed E-state index contributed by atoms with van der Waals surface area (Å²) in [6, 6.07) is 5.92. The molecule has 8 nitrogen and oxygen atoms in total. The number of carbonyl (C=O) groups excluding carboxylic acids is 2. The van der Waals surface area contributed by atoms with Crippen LogP contribution in [0.4, 0.5) is 10.6 Å². The van der Waals surface area contributed by atoms with E-state index >= 15 is 0 Å². The van der Waals surface area contributed by atoms with Crippen molar-refractivity contribution in [2.24, 2.45) is 5.92 Å². The van der Waals surface area contributed by atoms with Gasteiger partial charge in [0.25, 0.3) is 0 Å². The van der Waals surface area contributed by atoms with Gasteiger partial charge in [0.05, 0.1) is 6.61 Å². The Morgan fingerprint density at radius 2 is 1.77 bits per heavy atom. The summed E-state index contributed by atoms with van der Waals surface area (Å²) in [6.45, 7) is 11.5. The molecule has 0 aliphatic carbocycles. The van der Waals surface area contributed by atoms with Crippen LogP contribution in [0.3, 0.4) is 0 Å². The normalized spacial score (nSPS) is 18.4. The smallest absolute Gasteiger partial charge is 0.409 e. The van der Waals surface area contributed by atoms with Gasteiger partial charge in [0.15, 0.2) is 0 Å². The average Bonchev–Trinajstić information content (AvgIpc) is 3.02. The largest absolute Gasteiger partial charge is 0.449 e. The second kappa shape index (κ2) is 11.2. The van der Waals surface area contributed by atoms with Gasteiger partial charge in [-0.1, -0.05) is 19.9 Å². The molecule has 0 atom stereocenters. The molecule has 0 aromatic carbocycles. The number of anilines is 1. The second-order valence-electron chi connectivity index (χ2n) is 8.46. The van der Waals surface area contributed by atoms with Gasteiger partial charge in [-0.3, -0.25) is 4.79 Å². The van der Waals surface area contributed by atoms with Crippen molar-refractivity contribution in [1.29, 1.82) is 0 Å². The van der Waals surface area contributed by atoms with E-state index in [1.165, 1.54) is 0 Å². The van der Waals surface area contributed by atoms with E-state index in [0.717, 1.165) is 64.6 Å². The molecule has 166 valence electrons. The molecule has 0 unspecified atom stereocenters. The predicted molar refractivity (Wildman–Crippen MR) is 116 cm³/mol. The number of hydrogen-bond donors (Lipinski definition) is 0. The molecule has 3 rings (SSSR count). The van der Waals surface area contributed by atoms with Crippen LogP contribution in [0.1, 0.15) is 26.7 Å². The van der Waals surface area contributed by atoms with E-state index in [9.17, 15) is 9.59 Å². The molecule has 2 amide bonds. The number of pyridine rings is 1. The molecule has 2 aliphatic rings. The van der Waals surface area contributed by atoms with Crippen LogP contribution in [-0.2, 0) is 9.53 Å². The summed E-state index contributed by atoms with van der Waals surface area (Å²) >= 11 is 0. The van der Waals surface area contributed by atoms with Crippen LogP contribution in [0, 0.1) is 5.92 Å². The maximum absolute atomic E-state index is 12.7. The topological polar surface area (TPSA) is 69.2 Å². The van der Waals surface area contributed by atoms with Gasteiger partial charge in [0.1, 0.15) is 5.82 Å². The van der Waals surface area contributed by atoms with Crippen molar-refractivity contribution in [3.63, 3.8) is 0 Å². The van der Waals surface area contributed by atoms with E-state index in [1.54, 1.807) is 11.1 Å². The van der Waals surface area contributed by atoms with Crippen molar-refractivity contribution in [2.75, 3.05) is 70.4 Å². The van der Waals surface area contributed by atoms with Crippen LogP contribution in [0.15, 0.2) is 24.4 Å². The Hall–Kier alpha value is -2.35. The lowest BCUT2D eigenvalue weighted by Gasteiger charge is -2.35. The fourth-order valence-corrected chi connectivity index (χ4v) is 3.84. The number of aromatic nitrogens is 1. The van der Waals surface area contributed by atoms with E-state index in [0.29, 0.717) is 25.5 Å². The van der Waals surface area contributed by atoms with Crippen LogP contribution in [0.5, 0.6) is 0 Å². The lowest BCUT2D eigenvalue weighted by atomic mass is 10.2. The number of piperazine rings is 1. The third kappa shape index (κ3) is 6.58. The monoisotopic (exact) mass is 417 g/mol. The summed E-state index contributed by atoms with van der Waals surface area (Å²) in [4.78, 5) is 37.5. The fourth-order valence-electron chi connectivity index (χ4n) is 3.84. The van der Waals surface area contributed by atoms with Gasteiger partial charge in [-0.05, 0) is 31.0 Å². The molecule has 0 N–H and O–H groups in total. The maximum Gasteiger partial charge on any atom is 0.409 e. The first kappa shape index (κ1) is 22.3. The Labute approximate surface area is 179 Å². The quantitative estimate of drug-likeness (QED) is 0.704. The van der Waals surface area contributed by atoms with Gasteiger partial charge in [0.2, 0.25) is 5.91 Å². The third-order valence-electron chi connectivity index (χ3n) is 5.63. The predicted octanol–water partition coefficient (Wildman–Crippen LogP) is 1.92. The van der Waals surface area contributed by atoms with Crippen molar-refractivity contribution in [3.8, 4) is 0 Å². The molecular weight excluding hydrogens is 382 g/mol. The molecule has 0 radical (unpaired) electrons. The molecule has 1 aromatic rings. The highest BCUT2D eigenvalue weighted by molar-refractivity contribution is 5.76. The molecule has 2 saturated heterocycles. The third-order valence-corrected chi connectivity index (χ3v) is 5.63. The van der Waals surface area contributed by atoms with Gasteiger partial charge in [-0.25, -0.2) is 9.78 Å². The number of rotatable bonds is 6. The number of amides is 2. The zero-order valence-electron chi connectivity index (χ0n) is 18.3. The van der Waals surface area contributed by atoms with Crippen LogP contribution < -0.4 is 4.90 Å². The summed E-state index contributed by atoms with van der Waals surface area (Å²) in [6.07, 6.45) is 3.03. The van der Waals surface area contributed by atoms with Crippen molar-refractivity contribution in [3.05, 3.63) is 24.4 Å². The lowest BCUT2D eigenvalue weighted by Crippen LogP contribution is -2.49. The van der Waals surface area contributed by atoms with E-state index in [2.05, 4.69) is 14.8 Å². The molecule has 30 heavy (non-hydrogen) atoms. The molecule has 1 aromatic heterocycles. The SMILES string of the molecule is CC(C)COC(=O)N1CCCN(CCC(=O)N2CCN(c3ccccn3)CC2)CC1. The minimum Gasteiger partial charge on any atom is -0.449 e. The summed E-state index contributed by atoms with van der Waals surface area (Å²) in [5, 5.41) is 0.